The van der Waals surface area contributed by atoms with Crippen LogP contribution in [0.5, 0.6) is 11.5 Å². The molecule has 0 saturated carbocycles. The average Bonchev–Trinajstić information content (AvgIpc) is 3.27. The van der Waals surface area contributed by atoms with Gasteiger partial charge in [0.05, 0.1) is 19.3 Å². The number of benzene rings is 3. The Labute approximate surface area is 227 Å². The van der Waals surface area contributed by atoms with Gasteiger partial charge in [0.1, 0.15) is 17.5 Å². The van der Waals surface area contributed by atoms with Gasteiger partial charge in [-0.3, -0.25) is 4.90 Å². The Morgan fingerprint density at radius 3 is 2.57 bits per heavy atom. The molecule has 1 aliphatic heterocycles. The predicted octanol–water partition coefficient (Wildman–Crippen LogP) is 5.85. The smallest absolute Gasteiger partial charge is 0.416 e. The maximum Gasteiger partial charge on any atom is 0.416 e. The summed E-state index contributed by atoms with van der Waals surface area (Å²) in [5.41, 5.74) is 4.04. The van der Waals surface area contributed by atoms with Crippen LogP contribution in [0.4, 0.5) is 4.79 Å². The topological polar surface area (TPSA) is 95.0 Å². The van der Waals surface area contributed by atoms with Crippen LogP contribution in [0.1, 0.15) is 29.3 Å². The highest BCUT2D eigenvalue weighted by Gasteiger charge is 2.35. The fraction of sp³-hybridized carbons (Fsp3) is 0.250. The van der Waals surface area contributed by atoms with E-state index in [1.54, 1.807) is 29.2 Å². The lowest BCUT2D eigenvalue weighted by Gasteiger charge is -2.35. The molecule has 1 aliphatic rings. The van der Waals surface area contributed by atoms with E-state index in [0.717, 1.165) is 26.6 Å². The standard InChI is InChI=1S/C28H26BrClN2O5/c29-18-3-10-25-24(15-18)23-11-13-32(28(35)37-22-8-4-19(30)5-9-22)27(26(23)31-25)17-1-6-21(7-2-17)36-14-12-20(34)16-33/h1-10,15,20,27,31,33-34H,11-14,16H2/t20-,27?/m0/s1. The first-order chi connectivity index (χ1) is 17.9. The maximum absolute atomic E-state index is 13.4. The van der Waals surface area contributed by atoms with Crippen molar-refractivity contribution in [3.8, 4) is 11.5 Å². The summed E-state index contributed by atoms with van der Waals surface area (Å²) in [4.78, 5) is 18.7. The molecule has 0 fully saturated rings. The van der Waals surface area contributed by atoms with Crippen LogP contribution in [0.2, 0.25) is 5.02 Å². The number of nitrogens with zero attached hydrogens (tertiary/aromatic N) is 1. The van der Waals surface area contributed by atoms with Crippen molar-refractivity contribution in [2.45, 2.75) is 25.0 Å². The maximum atomic E-state index is 13.4. The molecule has 5 rings (SSSR count). The zero-order chi connectivity index (χ0) is 25.9. The third kappa shape index (κ3) is 5.62. The van der Waals surface area contributed by atoms with E-state index in [0.29, 0.717) is 35.9 Å². The Balaban J connectivity index is 1.46. The van der Waals surface area contributed by atoms with Crippen molar-refractivity contribution in [1.82, 2.24) is 9.88 Å². The SMILES string of the molecule is O=C(Oc1ccc(Cl)cc1)N1CCc2c([nH]c3ccc(Br)cc23)C1c1ccc(OCC[C@H](O)CO)cc1. The van der Waals surface area contributed by atoms with Crippen molar-refractivity contribution in [1.29, 1.82) is 0 Å². The second-order valence-corrected chi connectivity index (χ2v) is 10.3. The van der Waals surface area contributed by atoms with Gasteiger partial charge in [0.15, 0.2) is 0 Å². The van der Waals surface area contributed by atoms with E-state index >= 15 is 0 Å². The van der Waals surface area contributed by atoms with Gasteiger partial charge < -0.3 is 24.7 Å². The molecule has 0 radical (unpaired) electrons. The minimum absolute atomic E-state index is 0.283. The number of nitrogens with one attached hydrogen (secondary N) is 1. The van der Waals surface area contributed by atoms with Crippen molar-refractivity contribution < 1.29 is 24.5 Å². The summed E-state index contributed by atoms with van der Waals surface area (Å²) in [7, 11) is 0. The van der Waals surface area contributed by atoms with E-state index in [-0.39, 0.29) is 19.3 Å². The van der Waals surface area contributed by atoms with Crippen LogP contribution in [-0.4, -0.2) is 52.1 Å². The van der Waals surface area contributed by atoms with E-state index < -0.39 is 12.2 Å². The van der Waals surface area contributed by atoms with Gasteiger partial charge in [-0.2, -0.15) is 0 Å². The highest BCUT2D eigenvalue weighted by Crippen LogP contribution is 2.40. The van der Waals surface area contributed by atoms with E-state index in [1.807, 2.05) is 36.4 Å². The number of aliphatic hydroxyl groups excluding tert-OH is 2. The second-order valence-electron chi connectivity index (χ2n) is 8.92. The molecule has 9 heteroatoms. The number of aromatic nitrogens is 1. The van der Waals surface area contributed by atoms with Gasteiger partial charge in [-0.25, -0.2) is 4.79 Å². The van der Waals surface area contributed by atoms with Gasteiger partial charge in [0.2, 0.25) is 0 Å². The molecule has 3 N–H and O–H groups in total. The lowest BCUT2D eigenvalue weighted by molar-refractivity contribution is 0.0754. The summed E-state index contributed by atoms with van der Waals surface area (Å²) in [6.07, 6.45) is -0.232. The molecule has 2 atom stereocenters. The van der Waals surface area contributed by atoms with Crippen LogP contribution in [0, 0.1) is 0 Å². The summed E-state index contributed by atoms with van der Waals surface area (Å²) in [6, 6.07) is 20.0. The second kappa shape index (κ2) is 11.1. The van der Waals surface area contributed by atoms with Gasteiger partial charge in [0, 0.05) is 39.1 Å². The number of aromatic amines is 1. The van der Waals surface area contributed by atoms with Gasteiger partial charge in [-0.05, 0) is 72.1 Å². The molecule has 0 spiro atoms. The highest BCUT2D eigenvalue weighted by atomic mass is 79.9. The normalized spacial score (nSPS) is 15.9. The number of H-pyrrole nitrogens is 1. The monoisotopic (exact) mass is 584 g/mol. The first-order valence-electron chi connectivity index (χ1n) is 12.0. The van der Waals surface area contributed by atoms with Crippen molar-refractivity contribution in [3.63, 3.8) is 0 Å². The zero-order valence-corrected chi connectivity index (χ0v) is 22.2. The number of hydrogen-bond acceptors (Lipinski definition) is 5. The lowest BCUT2D eigenvalue weighted by Crippen LogP contribution is -2.42. The Kier molecular flexibility index (Phi) is 7.71. The number of fused-ring (bicyclic) bond motifs is 3. The Morgan fingerprint density at radius 2 is 1.84 bits per heavy atom. The van der Waals surface area contributed by atoms with Crippen LogP contribution in [-0.2, 0) is 6.42 Å². The zero-order valence-electron chi connectivity index (χ0n) is 19.9. The third-order valence-corrected chi connectivity index (χ3v) is 7.21. The van der Waals surface area contributed by atoms with Gasteiger partial charge in [-0.1, -0.05) is 39.7 Å². The average molecular weight is 586 g/mol. The number of aliphatic hydroxyl groups is 2. The van der Waals surface area contributed by atoms with E-state index in [1.165, 1.54) is 5.56 Å². The molecular formula is C28H26BrClN2O5. The molecular weight excluding hydrogens is 560 g/mol. The first kappa shape index (κ1) is 25.6. The molecule has 4 aromatic rings. The van der Waals surface area contributed by atoms with E-state index in [4.69, 9.17) is 26.2 Å². The summed E-state index contributed by atoms with van der Waals surface area (Å²) in [5, 5.41) is 20.2. The number of rotatable bonds is 7. The Morgan fingerprint density at radius 1 is 1.11 bits per heavy atom. The van der Waals surface area contributed by atoms with Crippen LogP contribution in [0.3, 0.4) is 0 Å². The molecule has 2 heterocycles. The summed E-state index contributed by atoms with van der Waals surface area (Å²) in [6.45, 7) is 0.473. The molecule has 37 heavy (non-hydrogen) atoms. The lowest BCUT2D eigenvalue weighted by atomic mass is 9.92. The van der Waals surface area contributed by atoms with E-state index in [2.05, 4.69) is 27.0 Å². The van der Waals surface area contributed by atoms with Crippen molar-refractivity contribution in [2.75, 3.05) is 19.8 Å². The van der Waals surface area contributed by atoms with Crippen molar-refractivity contribution in [2.24, 2.45) is 0 Å². The Bertz CT molecular complexity index is 1390. The Hall–Kier alpha value is -3.04. The van der Waals surface area contributed by atoms with Crippen molar-refractivity contribution >= 4 is 44.5 Å². The van der Waals surface area contributed by atoms with Crippen LogP contribution < -0.4 is 9.47 Å². The molecule has 7 nitrogen and oxygen atoms in total. The molecule has 0 saturated heterocycles. The molecule has 1 amide bonds. The van der Waals surface area contributed by atoms with Crippen LogP contribution >= 0.6 is 27.5 Å². The number of carbonyl (C=O) groups is 1. The molecule has 1 aromatic heterocycles. The molecule has 0 aliphatic carbocycles. The van der Waals surface area contributed by atoms with Crippen LogP contribution in [0.25, 0.3) is 10.9 Å². The number of carbonyl (C=O) groups excluding carboxylic acids is 1. The number of halogens is 2. The first-order valence-corrected chi connectivity index (χ1v) is 13.2. The number of ether oxygens (including phenoxy) is 2. The van der Waals surface area contributed by atoms with Crippen molar-refractivity contribution in [3.05, 3.63) is 93.0 Å². The largest absolute Gasteiger partial charge is 0.493 e. The molecule has 1 unspecified atom stereocenters. The molecule has 192 valence electrons. The predicted molar refractivity (Wildman–Crippen MR) is 145 cm³/mol. The van der Waals surface area contributed by atoms with Gasteiger partial charge in [0.25, 0.3) is 0 Å². The minimum atomic E-state index is -0.804. The van der Waals surface area contributed by atoms with Gasteiger partial charge >= 0.3 is 6.09 Å². The minimum Gasteiger partial charge on any atom is -0.493 e. The fourth-order valence-corrected chi connectivity index (χ4v) is 5.10. The molecule has 0 bridgehead atoms. The van der Waals surface area contributed by atoms with Crippen LogP contribution in [0.15, 0.2) is 71.2 Å². The number of amides is 1. The highest BCUT2D eigenvalue weighted by molar-refractivity contribution is 9.10. The summed E-state index contributed by atoms with van der Waals surface area (Å²) in [5.74, 6) is 1.06. The third-order valence-electron chi connectivity index (χ3n) is 6.47. The molecule has 3 aromatic carbocycles. The quantitative estimate of drug-likeness (QED) is 0.253. The summed E-state index contributed by atoms with van der Waals surface area (Å²) < 4.78 is 12.4. The fourth-order valence-electron chi connectivity index (χ4n) is 4.62. The summed E-state index contributed by atoms with van der Waals surface area (Å²) >= 11 is 9.55. The number of hydrogen-bond donors (Lipinski definition) is 3. The van der Waals surface area contributed by atoms with E-state index in [9.17, 15) is 9.90 Å². The van der Waals surface area contributed by atoms with Gasteiger partial charge in [-0.15, -0.1) is 0 Å².